The van der Waals surface area contributed by atoms with Crippen LogP contribution in [0.3, 0.4) is 0 Å². The number of methoxy groups -OCH3 is 2. The first-order valence-corrected chi connectivity index (χ1v) is 7.64. The monoisotopic (exact) mass is 321 g/mol. The molecular formula is C20H19NO3. The summed E-state index contributed by atoms with van der Waals surface area (Å²) in [6.07, 6.45) is 0.783. The highest BCUT2D eigenvalue weighted by atomic mass is 16.5. The van der Waals surface area contributed by atoms with E-state index in [1.807, 2.05) is 30.3 Å². The molecule has 0 aliphatic rings. The van der Waals surface area contributed by atoms with Gasteiger partial charge in [0.25, 0.3) is 5.91 Å². The van der Waals surface area contributed by atoms with Crippen LogP contribution in [0.2, 0.25) is 0 Å². The first-order valence-electron chi connectivity index (χ1n) is 7.64. The maximum atomic E-state index is 11.6. The Hall–Kier alpha value is -3.01. The van der Waals surface area contributed by atoms with Crippen LogP contribution < -0.4 is 15.2 Å². The molecule has 0 radical (unpaired) electrons. The number of hydrogen-bond acceptors (Lipinski definition) is 3. The van der Waals surface area contributed by atoms with E-state index in [9.17, 15) is 4.79 Å². The molecule has 3 rings (SSSR count). The highest BCUT2D eigenvalue weighted by molar-refractivity contribution is 6.00. The van der Waals surface area contributed by atoms with Gasteiger partial charge in [-0.15, -0.1) is 0 Å². The van der Waals surface area contributed by atoms with E-state index in [1.54, 1.807) is 13.2 Å². The van der Waals surface area contributed by atoms with Gasteiger partial charge in [0.1, 0.15) is 11.5 Å². The fraction of sp³-hybridized carbons (Fsp3) is 0.150. The molecule has 0 heterocycles. The minimum Gasteiger partial charge on any atom is -0.497 e. The summed E-state index contributed by atoms with van der Waals surface area (Å²) in [6, 6.07) is 17.8. The summed E-state index contributed by atoms with van der Waals surface area (Å²) in [7, 11) is 3.19. The molecule has 4 nitrogen and oxygen atoms in total. The van der Waals surface area contributed by atoms with Crippen molar-refractivity contribution in [2.45, 2.75) is 6.42 Å². The van der Waals surface area contributed by atoms with Gasteiger partial charge in [0.2, 0.25) is 0 Å². The van der Waals surface area contributed by atoms with E-state index in [1.165, 1.54) is 7.11 Å². The van der Waals surface area contributed by atoms with Gasteiger partial charge in [0, 0.05) is 0 Å². The van der Waals surface area contributed by atoms with Gasteiger partial charge in [-0.1, -0.05) is 30.3 Å². The molecule has 0 fully saturated rings. The van der Waals surface area contributed by atoms with Crippen molar-refractivity contribution < 1.29 is 14.3 Å². The van der Waals surface area contributed by atoms with Crippen LogP contribution in [0.4, 0.5) is 0 Å². The molecule has 0 saturated carbocycles. The lowest BCUT2D eigenvalue weighted by Crippen LogP contribution is -2.12. The van der Waals surface area contributed by atoms with Gasteiger partial charge in [0.05, 0.1) is 19.8 Å². The number of amides is 1. The second kappa shape index (κ2) is 6.62. The Morgan fingerprint density at radius 3 is 2.42 bits per heavy atom. The molecule has 0 spiro atoms. The second-order valence-corrected chi connectivity index (χ2v) is 5.63. The quantitative estimate of drug-likeness (QED) is 0.782. The summed E-state index contributed by atoms with van der Waals surface area (Å²) < 4.78 is 10.5. The zero-order valence-corrected chi connectivity index (χ0v) is 13.7. The Bertz CT molecular complexity index is 903. The Morgan fingerprint density at radius 2 is 1.71 bits per heavy atom. The number of ether oxygens (including phenoxy) is 2. The van der Waals surface area contributed by atoms with Crippen LogP contribution in [-0.2, 0) is 6.42 Å². The van der Waals surface area contributed by atoms with Crippen molar-refractivity contribution in [3.63, 3.8) is 0 Å². The first-order chi connectivity index (χ1) is 11.6. The molecule has 0 aliphatic heterocycles. The largest absolute Gasteiger partial charge is 0.497 e. The molecule has 3 aromatic carbocycles. The van der Waals surface area contributed by atoms with Gasteiger partial charge in [-0.3, -0.25) is 4.79 Å². The molecule has 0 bridgehead atoms. The second-order valence-electron chi connectivity index (χ2n) is 5.63. The van der Waals surface area contributed by atoms with Gasteiger partial charge in [-0.2, -0.15) is 0 Å². The normalized spacial score (nSPS) is 10.6. The summed E-state index contributed by atoms with van der Waals surface area (Å²) in [5.41, 5.74) is 8.15. The summed E-state index contributed by atoms with van der Waals surface area (Å²) >= 11 is 0. The fourth-order valence-electron chi connectivity index (χ4n) is 2.82. The summed E-state index contributed by atoms with van der Waals surface area (Å²) in [4.78, 5) is 11.6. The number of hydrogen-bond donors (Lipinski definition) is 1. The molecule has 1 amide bonds. The van der Waals surface area contributed by atoms with Gasteiger partial charge in [0.15, 0.2) is 0 Å². The van der Waals surface area contributed by atoms with Crippen molar-refractivity contribution in [1.29, 1.82) is 0 Å². The number of nitrogens with two attached hydrogens (primary N) is 1. The van der Waals surface area contributed by atoms with Crippen LogP contribution in [0, 0.1) is 0 Å². The highest BCUT2D eigenvalue weighted by Gasteiger charge is 2.11. The van der Waals surface area contributed by atoms with E-state index < -0.39 is 5.91 Å². The number of carbonyl (C=O) groups is 1. The lowest BCUT2D eigenvalue weighted by molar-refractivity contribution is 0.0997. The lowest BCUT2D eigenvalue weighted by Gasteiger charge is -2.10. The molecular weight excluding hydrogens is 302 g/mol. The number of primary amides is 1. The lowest BCUT2D eigenvalue weighted by atomic mass is 9.99. The molecule has 122 valence electrons. The molecule has 2 N–H and O–H groups in total. The predicted molar refractivity (Wildman–Crippen MR) is 94.8 cm³/mol. The average Bonchev–Trinajstić information content (AvgIpc) is 2.60. The van der Waals surface area contributed by atoms with Crippen molar-refractivity contribution in [1.82, 2.24) is 0 Å². The van der Waals surface area contributed by atoms with Crippen molar-refractivity contribution in [3.8, 4) is 11.5 Å². The topological polar surface area (TPSA) is 61.6 Å². The van der Waals surface area contributed by atoms with Crippen LogP contribution in [0.5, 0.6) is 11.5 Å². The fourth-order valence-corrected chi connectivity index (χ4v) is 2.82. The Labute approximate surface area is 140 Å². The predicted octanol–water partition coefficient (Wildman–Crippen LogP) is 3.55. The maximum Gasteiger partial charge on any atom is 0.252 e. The first kappa shape index (κ1) is 15.9. The van der Waals surface area contributed by atoms with E-state index in [0.717, 1.165) is 34.1 Å². The summed E-state index contributed by atoms with van der Waals surface area (Å²) in [6.45, 7) is 0. The number of carbonyl (C=O) groups excluding carboxylic acids is 1. The van der Waals surface area contributed by atoms with E-state index in [2.05, 4.69) is 18.2 Å². The van der Waals surface area contributed by atoms with E-state index in [4.69, 9.17) is 15.2 Å². The summed E-state index contributed by atoms with van der Waals surface area (Å²) in [5.74, 6) is 0.844. The van der Waals surface area contributed by atoms with Gasteiger partial charge in [-0.25, -0.2) is 0 Å². The van der Waals surface area contributed by atoms with E-state index >= 15 is 0 Å². The zero-order chi connectivity index (χ0) is 17.1. The van der Waals surface area contributed by atoms with Crippen molar-refractivity contribution >= 4 is 16.7 Å². The zero-order valence-electron chi connectivity index (χ0n) is 13.7. The highest BCUT2D eigenvalue weighted by Crippen LogP contribution is 2.27. The average molecular weight is 321 g/mol. The number of fused-ring (bicyclic) bond motifs is 1. The minimum absolute atomic E-state index is 0.392. The van der Waals surface area contributed by atoms with Crippen molar-refractivity contribution in [2.75, 3.05) is 14.2 Å². The molecule has 24 heavy (non-hydrogen) atoms. The van der Waals surface area contributed by atoms with Crippen LogP contribution in [0.15, 0.2) is 54.6 Å². The molecule has 3 aromatic rings. The molecule has 0 unspecified atom stereocenters. The van der Waals surface area contributed by atoms with Crippen LogP contribution in [0.25, 0.3) is 10.8 Å². The third kappa shape index (κ3) is 3.18. The third-order valence-corrected chi connectivity index (χ3v) is 4.03. The minimum atomic E-state index is -0.494. The van der Waals surface area contributed by atoms with Gasteiger partial charge in [-0.05, 0) is 52.6 Å². The molecule has 0 saturated heterocycles. The standard InChI is InChI=1S/C20H19NO3/c1-23-17-5-3-4-13(10-17)8-14-6-7-15-12-19(24-2)18(20(21)22)11-16(15)9-14/h3-7,9-12H,8H2,1-2H3,(H2,21,22). The maximum absolute atomic E-state index is 11.6. The van der Waals surface area contributed by atoms with Gasteiger partial charge >= 0.3 is 0 Å². The Morgan fingerprint density at radius 1 is 0.917 bits per heavy atom. The third-order valence-electron chi connectivity index (χ3n) is 4.03. The Kier molecular flexibility index (Phi) is 4.38. The Balaban J connectivity index is 1.99. The molecule has 0 atom stereocenters. The van der Waals surface area contributed by atoms with E-state index in [0.29, 0.717) is 11.3 Å². The number of benzene rings is 3. The van der Waals surface area contributed by atoms with E-state index in [-0.39, 0.29) is 0 Å². The van der Waals surface area contributed by atoms with Crippen molar-refractivity contribution in [3.05, 3.63) is 71.3 Å². The SMILES string of the molecule is COc1cccc(Cc2ccc3cc(OC)c(C(N)=O)cc3c2)c1. The smallest absolute Gasteiger partial charge is 0.252 e. The molecule has 4 heteroatoms. The van der Waals surface area contributed by atoms with Crippen LogP contribution in [-0.4, -0.2) is 20.1 Å². The van der Waals surface area contributed by atoms with Crippen molar-refractivity contribution in [2.24, 2.45) is 5.73 Å². The van der Waals surface area contributed by atoms with Crippen LogP contribution in [0.1, 0.15) is 21.5 Å². The number of rotatable bonds is 5. The summed E-state index contributed by atoms with van der Waals surface area (Å²) in [5, 5.41) is 1.97. The molecule has 0 aromatic heterocycles. The van der Waals surface area contributed by atoms with Crippen LogP contribution >= 0.6 is 0 Å². The molecule has 0 aliphatic carbocycles. The van der Waals surface area contributed by atoms with Gasteiger partial charge < -0.3 is 15.2 Å².